The minimum Gasteiger partial charge on any atom is -0.468 e. The van der Waals surface area contributed by atoms with E-state index in [1.54, 1.807) is 30.3 Å². The fourth-order valence-electron chi connectivity index (χ4n) is 4.70. The van der Waals surface area contributed by atoms with Crippen LogP contribution in [-0.2, 0) is 26.0 Å². The van der Waals surface area contributed by atoms with E-state index < -0.39 is 33.6 Å². The second-order valence-corrected chi connectivity index (χ2v) is 10.9. The number of hydrogen-bond donors (Lipinski definition) is 0. The molecule has 0 fully saturated rings. The lowest BCUT2D eigenvalue weighted by Crippen LogP contribution is -2.30. The first-order valence-electron chi connectivity index (χ1n) is 11.6. The zero-order valence-electron chi connectivity index (χ0n) is 20.3. The average Bonchev–Trinajstić information content (AvgIpc) is 3.30. The van der Waals surface area contributed by atoms with Crippen LogP contribution >= 0.6 is 0 Å². The van der Waals surface area contributed by atoms with E-state index in [2.05, 4.69) is 6.58 Å². The molecule has 0 radical (unpaired) electrons. The fourth-order valence-corrected chi connectivity index (χ4v) is 6.28. The van der Waals surface area contributed by atoms with Crippen LogP contribution in [0.2, 0.25) is 0 Å². The lowest BCUT2D eigenvalue weighted by molar-refractivity contribution is -0.144. The predicted octanol–water partition coefficient (Wildman–Crippen LogP) is 5.21. The molecule has 182 valence electrons. The van der Waals surface area contributed by atoms with E-state index >= 15 is 0 Å². The molecule has 0 spiro atoms. The SMILES string of the molecule is C=C/C=C/CCCCc1cc2c(n1S(=O)(=O)c1ccc(C)cc1)C(=O)[C@H](C(=O)OC)[C@H]2C(C)C. The highest BCUT2D eigenvalue weighted by Gasteiger charge is 2.50. The first-order valence-corrected chi connectivity index (χ1v) is 13.1. The number of carbonyl (C=O) groups excluding carboxylic acids is 2. The van der Waals surface area contributed by atoms with Gasteiger partial charge < -0.3 is 4.74 Å². The third-order valence-electron chi connectivity index (χ3n) is 6.35. The number of nitrogens with zero attached hydrogens (tertiary/aromatic N) is 1. The topological polar surface area (TPSA) is 82.4 Å². The molecular formula is C27H33NO5S. The van der Waals surface area contributed by atoms with E-state index in [0.717, 1.165) is 24.8 Å². The van der Waals surface area contributed by atoms with Crippen molar-refractivity contribution in [2.45, 2.75) is 57.3 Å². The third kappa shape index (κ3) is 4.80. The highest BCUT2D eigenvalue weighted by Crippen LogP contribution is 2.45. The number of rotatable bonds is 10. The second-order valence-electron chi connectivity index (χ2n) is 9.07. The maximum atomic E-state index is 13.8. The van der Waals surface area contributed by atoms with Gasteiger partial charge in [-0.15, -0.1) is 0 Å². The first-order chi connectivity index (χ1) is 16.1. The summed E-state index contributed by atoms with van der Waals surface area (Å²) in [4.78, 5) is 26.2. The van der Waals surface area contributed by atoms with Crippen molar-refractivity contribution in [1.29, 1.82) is 0 Å². The van der Waals surface area contributed by atoms with Gasteiger partial charge in [0.15, 0.2) is 5.78 Å². The molecule has 0 unspecified atom stereocenters. The average molecular weight is 484 g/mol. The van der Waals surface area contributed by atoms with Crippen molar-refractivity contribution in [3.63, 3.8) is 0 Å². The Balaban J connectivity index is 2.12. The molecule has 2 aromatic rings. The summed E-state index contributed by atoms with van der Waals surface area (Å²) in [6.45, 7) is 9.40. The van der Waals surface area contributed by atoms with Gasteiger partial charge in [0.25, 0.3) is 10.0 Å². The molecule has 0 saturated heterocycles. The summed E-state index contributed by atoms with van der Waals surface area (Å²) in [6, 6.07) is 8.39. The summed E-state index contributed by atoms with van der Waals surface area (Å²) in [5.41, 5.74) is 2.22. The highest BCUT2D eigenvalue weighted by molar-refractivity contribution is 7.90. The standard InChI is InChI=1S/C27H33NO5S/c1-6-7-8-9-10-11-12-20-17-22-23(18(2)3)24(27(30)33-5)26(29)25(22)28(20)34(31,32)21-15-13-19(4)14-16-21/h6-8,13-18,23-24H,1,9-12H2,2-5H3/b8-7+/t23-,24+/m0/s1. The molecule has 0 bridgehead atoms. The van der Waals surface area contributed by atoms with Crippen molar-refractivity contribution in [1.82, 2.24) is 3.97 Å². The van der Waals surface area contributed by atoms with Gasteiger partial charge in [0.2, 0.25) is 0 Å². The predicted molar refractivity (Wildman–Crippen MR) is 133 cm³/mol. The minimum absolute atomic E-state index is 0.0517. The van der Waals surface area contributed by atoms with Gasteiger partial charge in [0.1, 0.15) is 11.6 Å². The van der Waals surface area contributed by atoms with Gasteiger partial charge in [-0.3, -0.25) is 9.59 Å². The van der Waals surface area contributed by atoms with Gasteiger partial charge in [-0.25, -0.2) is 12.4 Å². The molecule has 1 aliphatic carbocycles. The second kappa shape index (κ2) is 10.6. The number of hydrogen-bond acceptors (Lipinski definition) is 5. The molecule has 1 aromatic carbocycles. The Morgan fingerprint density at radius 1 is 1.21 bits per heavy atom. The first kappa shape index (κ1) is 25.7. The number of ether oxygens (including phenoxy) is 1. The molecule has 0 amide bonds. The summed E-state index contributed by atoms with van der Waals surface area (Å²) >= 11 is 0. The smallest absolute Gasteiger partial charge is 0.317 e. The van der Waals surface area contributed by atoms with E-state index in [-0.39, 0.29) is 16.5 Å². The quantitative estimate of drug-likeness (QED) is 0.200. The van der Waals surface area contributed by atoms with Crippen molar-refractivity contribution in [2.24, 2.45) is 11.8 Å². The van der Waals surface area contributed by atoms with E-state index in [1.807, 2.05) is 39.0 Å². The van der Waals surface area contributed by atoms with Crippen LogP contribution in [-0.4, -0.2) is 31.3 Å². The Bertz CT molecular complexity index is 1200. The van der Waals surface area contributed by atoms with Crippen LogP contribution in [0.5, 0.6) is 0 Å². The zero-order valence-corrected chi connectivity index (χ0v) is 21.1. The molecule has 1 aromatic heterocycles. The van der Waals surface area contributed by atoms with E-state index in [1.165, 1.54) is 11.1 Å². The third-order valence-corrected chi connectivity index (χ3v) is 8.12. The van der Waals surface area contributed by atoms with Crippen LogP contribution in [0.4, 0.5) is 0 Å². The summed E-state index contributed by atoms with van der Waals surface area (Å²) in [5.74, 6) is -2.64. The van der Waals surface area contributed by atoms with E-state index in [0.29, 0.717) is 17.7 Å². The fraction of sp³-hybridized carbons (Fsp3) is 0.407. The van der Waals surface area contributed by atoms with E-state index in [9.17, 15) is 18.0 Å². The largest absolute Gasteiger partial charge is 0.468 e. The summed E-state index contributed by atoms with van der Waals surface area (Å²) in [7, 11) is -2.79. The lowest BCUT2D eigenvalue weighted by Gasteiger charge is -2.21. The Kier molecular flexibility index (Phi) is 7.97. The maximum Gasteiger partial charge on any atom is 0.317 e. The Morgan fingerprint density at radius 3 is 2.47 bits per heavy atom. The van der Waals surface area contributed by atoms with Crippen LogP contribution in [0.15, 0.2) is 60.0 Å². The van der Waals surface area contributed by atoms with Crippen molar-refractivity contribution in [3.8, 4) is 0 Å². The number of Topliss-reactive ketones (excluding diaryl/α,β-unsaturated/α-hetero) is 1. The number of esters is 1. The molecule has 7 heteroatoms. The van der Waals surface area contributed by atoms with Gasteiger partial charge >= 0.3 is 5.97 Å². The molecule has 1 heterocycles. The number of unbranched alkanes of at least 4 members (excludes halogenated alkanes) is 2. The van der Waals surface area contributed by atoms with E-state index in [4.69, 9.17) is 4.74 Å². The van der Waals surface area contributed by atoms with Crippen molar-refractivity contribution < 1.29 is 22.7 Å². The van der Waals surface area contributed by atoms with Gasteiger partial charge in [0.05, 0.1) is 12.0 Å². The van der Waals surface area contributed by atoms with Gasteiger partial charge in [-0.1, -0.05) is 56.4 Å². The molecular weight excluding hydrogens is 450 g/mol. The van der Waals surface area contributed by atoms with Gasteiger partial charge in [0, 0.05) is 11.6 Å². The van der Waals surface area contributed by atoms with Crippen LogP contribution in [0.25, 0.3) is 0 Å². The minimum atomic E-state index is -4.04. The summed E-state index contributed by atoms with van der Waals surface area (Å²) in [6.07, 6.45) is 8.62. The summed E-state index contributed by atoms with van der Waals surface area (Å²) in [5, 5.41) is 0. The zero-order chi connectivity index (χ0) is 25.0. The molecule has 1 aliphatic rings. The number of fused-ring (bicyclic) bond motifs is 1. The molecule has 0 N–H and O–H groups in total. The van der Waals surface area contributed by atoms with Gasteiger partial charge in [-0.05, 0) is 62.3 Å². The van der Waals surface area contributed by atoms with Crippen LogP contribution in [0, 0.1) is 18.8 Å². The molecule has 2 atom stereocenters. The molecule has 34 heavy (non-hydrogen) atoms. The van der Waals surface area contributed by atoms with Crippen LogP contribution in [0.1, 0.15) is 66.3 Å². The number of aryl methyl sites for hydroxylation is 2. The molecule has 6 nitrogen and oxygen atoms in total. The Hall–Kier alpha value is -2.93. The van der Waals surface area contributed by atoms with Crippen molar-refractivity contribution >= 4 is 21.8 Å². The number of carbonyl (C=O) groups is 2. The number of allylic oxidation sites excluding steroid dienone is 3. The Labute approximate surface area is 202 Å². The van der Waals surface area contributed by atoms with Crippen molar-refractivity contribution in [2.75, 3.05) is 7.11 Å². The number of methoxy groups -OCH3 is 1. The maximum absolute atomic E-state index is 13.8. The monoisotopic (exact) mass is 483 g/mol. The molecule has 0 saturated carbocycles. The molecule has 0 aliphatic heterocycles. The number of ketones is 1. The van der Waals surface area contributed by atoms with Crippen LogP contribution in [0.3, 0.4) is 0 Å². The molecule has 3 rings (SSSR count). The Morgan fingerprint density at radius 2 is 1.88 bits per heavy atom. The number of aromatic nitrogens is 1. The van der Waals surface area contributed by atoms with Crippen molar-refractivity contribution in [3.05, 3.63) is 77.7 Å². The number of benzene rings is 1. The van der Waals surface area contributed by atoms with Gasteiger partial charge in [-0.2, -0.15) is 0 Å². The van der Waals surface area contributed by atoms with Crippen LogP contribution < -0.4 is 0 Å². The lowest BCUT2D eigenvalue weighted by atomic mass is 9.83. The highest BCUT2D eigenvalue weighted by atomic mass is 32.2. The summed E-state index contributed by atoms with van der Waals surface area (Å²) < 4.78 is 33.7. The normalized spacial score (nSPS) is 18.0.